The number of hydrogen-bond acceptors (Lipinski definition) is 7. The highest BCUT2D eigenvalue weighted by molar-refractivity contribution is 9.10. The molecule has 9 heteroatoms. The Bertz CT molecular complexity index is 1130. The van der Waals surface area contributed by atoms with Crippen molar-refractivity contribution in [3.8, 4) is 0 Å². The number of imidazole rings is 1. The van der Waals surface area contributed by atoms with Crippen LogP contribution in [0.5, 0.6) is 0 Å². The molecule has 1 N–H and O–H groups in total. The van der Waals surface area contributed by atoms with Crippen LogP contribution in [0.25, 0.3) is 17.2 Å². The van der Waals surface area contributed by atoms with Gasteiger partial charge in [-0.2, -0.15) is 5.10 Å². The molecule has 168 valence electrons. The molecule has 1 aliphatic heterocycles. The summed E-state index contributed by atoms with van der Waals surface area (Å²) < 4.78 is 0.977. The molecule has 1 aliphatic rings. The van der Waals surface area contributed by atoms with Gasteiger partial charge in [0.05, 0.1) is 10.2 Å². The van der Waals surface area contributed by atoms with Crippen molar-refractivity contribution >= 4 is 44.6 Å². The first-order valence-electron chi connectivity index (χ1n) is 10.7. The predicted octanol–water partition coefficient (Wildman–Crippen LogP) is 4.13. The van der Waals surface area contributed by atoms with Crippen LogP contribution < -0.4 is 4.90 Å². The Balaban J connectivity index is 1.53. The van der Waals surface area contributed by atoms with Crippen molar-refractivity contribution in [3.63, 3.8) is 0 Å². The Morgan fingerprint density at radius 3 is 2.69 bits per heavy atom. The Morgan fingerprint density at radius 2 is 2.00 bits per heavy atom. The van der Waals surface area contributed by atoms with Gasteiger partial charge in [0, 0.05) is 75.8 Å². The normalized spacial score (nSPS) is 15.3. The Morgan fingerprint density at radius 1 is 1.22 bits per heavy atom. The summed E-state index contributed by atoms with van der Waals surface area (Å²) in [6, 6.07) is 4.13. The minimum absolute atomic E-state index is 0.720. The maximum atomic E-state index is 4.70. The number of aromatic amines is 1. The highest BCUT2D eigenvalue weighted by Gasteiger charge is 2.22. The van der Waals surface area contributed by atoms with Gasteiger partial charge in [-0.1, -0.05) is 6.07 Å². The Labute approximate surface area is 197 Å². The molecule has 1 saturated heterocycles. The molecule has 32 heavy (non-hydrogen) atoms. The lowest BCUT2D eigenvalue weighted by atomic mass is 10.2. The number of piperazine rings is 1. The van der Waals surface area contributed by atoms with Gasteiger partial charge in [0.25, 0.3) is 0 Å². The van der Waals surface area contributed by atoms with Gasteiger partial charge in [-0.15, -0.1) is 0 Å². The van der Waals surface area contributed by atoms with Crippen LogP contribution in [-0.2, 0) is 6.54 Å². The summed E-state index contributed by atoms with van der Waals surface area (Å²) in [5.74, 6) is 0.773. The number of rotatable bonds is 6. The van der Waals surface area contributed by atoms with Gasteiger partial charge in [0.1, 0.15) is 11.3 Å². The van der Waals surface area contributed by atoms with Crippen molar-refractivity contribution in [2.45, 2.75) is 27.3 Å². The van der Waals surface area contributed by atoms with E-state index in [-0.39, 0.29) is 0 Å². The van der Waals surface area contributed by atoms with E-state index in [0.717, 1.165) is 71.3 Å². The van der Waals surface area contributed by atoms with E-state index in [1.807, 2.05) is 63.6 Å². The third-order valence-corrected chi connectivity index (χ3v) is 6.07. The summed E-state index contributed by atoms with van der Waals surface area (Å²) in [6.45, 7) is 10.8. The molecule has 0 radical (unpaired) electrons. The molecule has 0 amide bonds. The second-order valence-corrected chi connectivity index (χ2v) is 9.11. The maximum absolute atomic E-state index is 4.70. The zero-order chi connectivity index (χ0) is 22.7. The monoisotopic (exact) mass is 496 g/mol. The van der Waals surface area contributed by atoms with Crippen molar-refractivity contribution in [2.75, 3.05) is 38.1 Å². The third-order valence-electron chi connectivity index (χ3n) is 5.49. The number of H-pyrrole nitrogens is 1. The molecule has 4 rings (SSSR count). The van der Waals surface area contributed by atoms with Gasteiger partial charge < -0.3 is 9.88 Å². The fourth-order valence-electron chi connectivity index (χ4n) is 3.87. The molecule has 0 spiro atoms. The summed E-state index contributed by atoms with van der Waals surface area (Å²) >= 11 is 3.72. The molecular formula is C23H29BrN8. The summed E-state index contributed by atoms with van der Waals surface area (Å²) in [7, 11) is 1.94. The van der Waals surface area contributed by atoms with Gasteiger partial charge in [0.15, 0.2) is 5.65 Å². The molecule has 3 aromatic rings. The predicted molar refractivity (Wildman–Crippen MR) is 134 cm³/mol. The van der Waals surface area contributed by atoms with E-state index in [1.165, 1.54) is 5.56 Å². The molecule has 4 heterocycles. The van der Waals surface area contributed by atoms with Gasteiger partial charge in [-0.05, 0) is 48.3 Å². The minimum Gasteiger partial charge on any atom is -0.366 e. The lowest BCUT2D eigenvalue weighted by Gasteiger charge is -2.36. The Kier molecular flexibility index (Phi) is 6.86. The topological polar surface area (TPSA) is 76.5 Å². The number of aromatic nitrogens is 4. The number of pyridine rings is 2. The second kappa shape index (κ2) is 9.79. The van der Waals surface area contributed by atoms with Crippen LogP contribution >= 0.6 is 15.9 Å². The second-order valence-electron chi connectivity index (χ2n) is 8.26. The summed E-state index contributed by atoms with van der Waals surface area (Å²) in [4.78, 5) is 21.8. The standard InChI is InChI=1S/C23H29BrN8/c1-16(2)29-30(4)17(3)12-20-27-21-22(19(24)14-26-23(21)28-20)32-10-8-31(9-11-32)15-18-6-5-7-25-13-18/h5-7,12-14H,8-11,15H2,1-4H3,(H,26,27,28)/b17-12+. The first-order chi connectivity index (χ1) is 15.4. The number of nitrogens with one attached hydrogen (secondary N) is 1. The van der Waals surface area contributed by atoms with Crippen LogP contribution in [0.4, 0.5) is 5.69 Å². The number of allylic oxidation sites excluding steroid dienone is 1. The van der Waals surface area contributed by atoms with E-state index in [9.17, 15) is 0 Å². The molecule has 0 aromatic carbocycles. The van der Waals surface area contributed by atoms with E-state index >= 15 is 0 Å². The molecule has 0 saturated carbocycles. The molecular weight excluding hydrogens is 468 g/mol. The van der Waals surface area contributed by atoms with E-state index in [1.54, 1.807) is 0 Å². The van der Waals surface area contributed by atoms with Crippen molar-refractivity contribution in [3.05, 3.63) is 52.3 Å². The maximum Gasteiger partial charge on any atom is 0.180 e. The number of hydrazone groups is 1. The van der Waals surface area contributed by atoms with Gasteiger partial charge in [-0.25, -0.2) is 9.97 Å². The van der Waals surface area contributed by atoms with Crippen LogP contribution in [0.15, 0.2) is 46.0 Å². The fourth-order valence-corrected chi connectivity index (χ4v) is 4.42. The molecule has 1 fully saturated rings. The average Bonchev–Trinajstić information content (AvgIpc) is 3.17. The van der Waals surface area contributed by atoms with Gasteiger partial charge in [-0.3, -0.25) is 14.9 Å². The molecule has 8 nitrogen and oxygen atoms in total. The van der Waals surface area contributed by atoms with E-state index < -0.39 is 0 Å². The molecule has 0 aliphatic carbocycles. The zero-order valence-electron chi connectivity index (χ0n) is 19.0. The molecule has 0 unspecified atom stereocenters. The smallest absolute Gasteiger partial charge is 0.180 e. The number of fused-ring (bicyclic) bond motifs is 1. The third kappa shape index (κ3) is 5.16. The quantitative estimate of drug-likeness (QED) is 0.408. The van der Waals surface area contributed by atoms with Crippen LogP contribution in [0.2, 0.25) is 0 Å². The lowest BCUT2D eigenvalue weighted by Crippen LogP contribution is -2.46. The minimum atomic E-state index is 0.720. The summed E-state index contributed by atoms with van der Waals surface area (Å²) in [6.07, 6.45) is 7.61. The average molecular weight is 497 g/mol. The van der Waals surface area contributed by atoms with Gasteiger partial charge in [0.2, 0.25) is 0 Å². The van der Waals surface area contributed by atoms with Gasteiger partial charge >= 0.3 is 0 Å². The Hall–Kier alpha value is -2.78. The molecule has 0 bridgehead atoms. The van der Waals surface area contributed by atoms with Crippen LogP contribution in [0.3, 0.4) is 0 Å². The number of halogens is 1. The number of anilines is 1. The van der Waals surface area contributed by atoms with Crippen LogP contribution in [0, 0.1) is 0 Å². The van der Waals surface area contributed by atoms with Crippen LogP contribution in [-0.4, -0.2) is 68.8 Å². The number of nitrogens with zero attached hydrogens (tertiary/aromatic N) is 7. The van der Waals surface area contributed by atoms with E-state index in [4.69, 9.17) is 4.98 Å². The molecule has 0 atom stereocenters. The van der Waals surface area contributed by atoms with E-state index in [2.05, 4.69) is 51.8 Å². The SMILES string of the molecule is CC(C)=NN(C)/C(C)=C/c1nc2ncc(Br)c(N3CCN(Cc4cccnc4)CC3)c2[nH]1. The van der Waals surface area contributed by atoms with Crippen molar-refractivity contribution in [1.82, 2.24) is 29.8 Å². The lowest BCUT2D eigenvalue weighted by molar-refractivity contribution is 0.249. The molecule has 3 aromatic heterocycles. The first-order valence-corrected chi connectivity index (χ1v) is 11.5. The summed E-state index contributed by atoms with van der Waals surface area (Å²) in [5, 5.41) is 6.33. The van der Waals surface area contributed by atoms with Crippen molar-refractivity contribution in [2.24, 2.45) is 5.10 Å². The highest BCUT2D eigenvalue weighted by Crippen LogP contribution is 2.33. The first kappa shape index (κ1) is 22.4. The van der Waals surface area contributed by atoms with Crippen molar-refractivity contribution in [1.29, 1.82) is 0 Å². The van der Waals surface area contributed by atoms with Crippen LogP contribution in [0.1, 0.15) is 32.2 Å². The highest BCUT2D eigenvalue weighted by atomic mass is 79.9. The van der Waals surface area contributed by atoms with E-state index in [0.29, 0.717) is 0 Å². The summed E-state index contributed by atoms with van der Waals surface area (Å²) in [5.41, 5.74) is 6.04. The fraction of sp³-hybridized carbons (Fsp3) is 0.391. The number of hydrogen-bond donors (Lipinski definition) is 1. The van der Waals surface area contributed by atoms with Crippen molar-refractivity contribution < 1.29 is 0 Å². The zero-order valence-corrected chi connectivity index (χ0v) is 20.6. The largest absolute Gasteiger partial charge is 0.366 e.